The van der Waals surface area contributed by atoms with Crippen molar-refractivity contribution in [1.82, 2.24) is 14.6 Å². The highest BCUT2D eigenvalue weighted by molar-refractivity contribution is 5.67. The van der Waals surface area contributed by atoms with E-state index in [1.165, 1.54) is 0 Å². The zero-order valence-electron chi connectivity index (χ0n) is 8.43. The number of hydrogen-bond acceptors (Lipinski definition) is 2. The van der Waals surface area contributed by atoms with Gasteiger partial charge in [-0.3, -0.25) is 4.84 Å². The summed E-state index contributed by atoms with van der Waals surface area (Å²) in [6.45, 7) is 0. The van der Waals surface area contributed by atoms with Gasteiger partial charge in [0.25, 0.3) is 0 Å². The zero-order chi connectivity index (χ0) is 9.84. The molecule has 0 bridgehead atoms. The van der Waals surface area contributed by atoms with Crippen LogP contribution in [0.2, 0.25) is 0 Å². The average Bonchev–Trinajstić information content (AvgIpc) is 2.50. The van der Waals surface area contributed by atoms with Crippen LogP contribution in [0, 0.1) is 0 Å². The number of hydrogen-bond donors (Lipinski definition) is 0. The Morgan fingerprint density at radius 2 is 2.15 bits per heavy atom. The van der Waals surface area contributed by atoms with Gasteiger partial charge in [0, 0.05) is 6.20 Å². The van der Waals surface area contributed by atoms with E-state index in [-0.39, 0.29) is 0 Å². The first-order chi connectivity index (χ1) is 6.11. The predicted octanol–water partition coefficient (Wildman–Crippen LogP) is -0.499. The zero-order valence-corrected chi connectivity index (χ0v) is 8.43. The Hall–Kier alpha value is -1.52. The second-order valence-electron chi connectivity index (χ2n) is 3.09. The topological polar surface area (TPSA) is 33.3 Å². The largest absolute Gasteiger partial charge is 0.470 e. The van der Waals surface area contributed by atoms with Gasteiger partial charge >= 0.3 is 6.02 Å². The van der Waals surface area contributed by atoms with Crippen LogP contribution < -0.4 is 4.84 Å². The van der Waals surface area contributed by atoms with Crippen LogP contribution in [0.25, 0.3) is 0 Å². The Morgan fingerprint density at radius 1 is 1.46 bits per heavy atom. The summed E-state index contributed by atoms with van der Waals surface area (Å²) in [6.07, 6.45) is 5.02. The maximum atomic E-state index is 5.50. The third kappa shape index (κ3) is 2.47. The molecule has 1 rings (SSSR count). The number of rotatable bonds is 1. The minimum absolute atomic E-state index is 0.748. The van der Waals surface area contributed by atoms with Gasteiger partial charge in [0.05, 0.1) is 34.4 Å². The molecule has 0 amide bonds. The Kier molecular flexibility index (Phi) is 2.89. The lowest BCUT2D eigenvalue weighted by atomic mass is 10.8. The Morgan fingerprint density at radius 3 is 2.54 bits per heavy atom. The molecule has 0 aliphatic rings. The average molecular weight is 183 g/mol. The van der Waals surface area contributed by atoms with E-state index in [1.807, 2.05) is 37.7 Å². The minimum atomic E-state index is 0.748. The molecule has 0 aliphatic heterocycles. The van der Waals surface area contributed by atoms with Crippen molar-refractivity contribution in [2.45, 2.75) is 0 Å². The second kappa shape index (κ2) is 3.93. The van der Waals surface area contributed by atoms with E-state index < -0.39 is 0 Å². The van der Waals surface area contributed by atoms with Crippen LogP contribution in [-0.4, -0.2) is 53.4 Å². The third-order valence-corrected chi connectivity index (χ3v) is 1.43. The number of nitrogens with zero attached hydrogens (tertiary/aromatic N) is 4. The predicted molar refractivity (Wildman–Crippen MR) is 49.6 cm³/mol. The fourth-order valence-corrected chi connectivity index (χ4v) is 0.958. The highest BCUT2D eigenvalue weighted by Crippen LogP contribution is 1.85. The molecule has 0 unspecified atom stereocenters. The molecule has 5 nitrogen and oxygen atoms in total. The van der Waals surface area contributed by atoms with Gasteiger partial charge in [-0.2, -0.15) is 4.73 Å². The summed E-state index contributed by atoms with van der Waals surface area (Å²) in [5, 5.41) is 0. The van der Waals surface area contributed by atoms with Crippen molar-refractivity contribution < 1.29 is 9.41 Å². The highest BCUT2D eigenvalue weighted by Gasteiger charge is 2.14. The molecule has 0 saturated heterocycles. The Bertz CT molecular complexity index is 285. The summed E-state index contributed by atoms with van der Waals surface area (Å²) >= 11 is 0. The second-order valence-corrected chi connectivity index (χ2v) is 3.09. The molecular formula is C8H15N4O+. The monoisotopic (exact) mass is 183 g/mol. The van der Waals surface area contributed by atoms with Gasteiger partial charge in [-0.15, -0.1) is 0 Å². The minimum Gasteiger partial charge on any atom is -0.297 e. The van der Waals surface area contributed by atoms with Gasteiger partial charge < -0.3 is 0 Å². The molecule has 1 heterocycles. The molecular weight excluding hydrogens is 168 g/mol. The van der Waals surface area contributed by atoms with Crippen LogP contribution >= 0.6 is 0 Å². The van der Waals surface area contributed by atoms with Crippen molar-refractivity contribution in [2.24, 2.45) is 0 Å². The normalized spacial score (nSPS) is 9.54. The molecule has 0 spiro atoms. The van der Waals surface area contributed by atoms with Crippen LogP contribution in [-0.2, 0) is 0 Å². The molecule has 0 N–H and O–H groups in total. The molecule has 0 aromatic carbocycles. The standard InChI is InChI=1S/C8H15N4O/c1-10(2)8(11(3)4)13-12-6-5-9-7-12/h5-7H,1-4H3/q+1. The fourth-order valence-electron chi connectivity index (χ4n) is 0.958. The summed E-state index contributed by atoms with van der Waals surface area (Å²) in [6, 6.07) is 0.748. The van der Waals surface area contributed by atoms with E-state index in [2.05, 4.69) is 4.98 Å². The lowest BCUT2D eigenvalue weighted by Crippen LogP contribution is -2.38. The van der Waals surface area contributed by atoms with E-state index in [4.69, 9.17) is 4.84 Å². The molecule has 0 atom stereocenters. The van der Waals surface area contributed by atoms with Crippen LogP contribution in [0.5, 0.6) is 0 Å². The molecule has 0 saturated carbocycles. The SMILES string of the molecule is CN(C)C(On1ccnc1)=[N+](C)C. The Labute approximate surface area is 77.8 Å². The van der Waals surface area contributed by atoms with Crippen molar-refractivity contribution in [3.05, 3.63) is 18.7 Å². The molecule has 0 fully saturated rings. The highest BCUT2D eigenvalue weighted by atomic mass is 16.7. The molecule has 1 aromatic rings. The van der Waals surface area contributed by atoms with E-state index in [9.17, 15) is 0 Å². The van der Waals surface area contributed by atoms with Gasteiger partial charge in [-0.25, -0.2) is 14.5 Å². The van der Waals surface area contributed by atoms with Gasteiger partial charge in [-0.05, 0) is 0 Å². The first kappa shape index (κ1) is 9.57. The Balaban J connectivity index is 2.76. The lowest BCUT2D eigenvalue weighted by molar-refractivity contribution is -0.480. The fraction of sp³-hybridized carbons (Fsp3) is 0.500. The quantitative estimate of drug-likeness (QED) is 0.334. The van der Waals surface area contributed by atoms with Crippen molar-refractivity contribution >= 4 is 6.02 Å². The van der Waals surface area contributed by atoms with Crippen molar-refractivity contribution in [3.8, 4) is 0 Å². The van der Waals surface area contributed by atoms with Crippen LogP contribution in [0.15, 0.2) is 18.7 Å². The van der Waals surface area contributed by atoms with E-state index in [1.54, 1.807) is 23.5 Å². The summed E-state index contributed by atoms with van der Waals surface area (Å²) in [7, 11) is 7.69. The molecule has 0 radical (unpaired) electrons. The maximum absolute atomic E-state index is 5.50. The number of amidine groups is 1. The molecule has 0 aliphatic carbocycles. The van der Waals surface area contributed by atoms with Crippen molar-refractivity contribution in [2.75, 3.05) is 28.2 Å². The maximum Gasteiger partial charge on any atom is 0.470 e. The third-order valence-electron chi connectivity index (χ3n) is 1.43. The molecule has 13 heavy (non-hydrogen) atoms. The summed E-state index contributed by atoms with van der Waals surface area (Å²) < 4.78 is 3.44. The first-order valence-corrected chi connectivity index (χ1v) is 3.99. The van der Waals surface area contributed by atoms with Crippen LogP contribution in [0.3, 0.4) is 0 Å². The van der Waals surface area contributed by atoms with E-state index >= 15 is 0 Å². The van der Waals surface area contributed by atoms with Crippen LogP contribution in [0.1, 0.15) is 0 Å². The van der Waals surface area contributed by atoms with Gasteiger partial charge in [-0.1, -0.05) is 0 Å². The molecule has 72 valence electrons. The van der Waals surface area contributed by atoms with E-state index in [0.29, 0.717) is 0 Å². The van der Waals surface area contributed by atoms with Gasteiger partial charge in [0.15, 0.2) is 0 Å². The van der Waals surface area contributed by atoms with E-state index in [0.717, 1.165) is 6.02 Å². The number of aromatic nitrogens is 2. The molecule has 5 heteroatoms. The summed E-state index contributed by atoms with van der Waals surface area (Å²) in [5.74, 6) is 0. The number of imidazole rings is 1. The van der Waals surface area contributed by atoms with Gasteiger partial charge in [0.1, 0.15) is 6.33 Å². The molecule has 1 aromatic heterocycles. The van der Waals surface area contributed by atoms with Crippen molar-refractivity contribution in [3.63, 3.8) is 0 Å². The first-order valence-electron chi connectivity index (χ1n) is 3.99. The lowest BCUT2D eigenvalue weighted by Gasteiger charge is -2.10. The smallest absolute Gasteiger partial charge is 0.297 e. The van der Waals surface area contributed by atoms with Crippen LogP contribution in [0.4, 0.5) is 0 Å². The summed E-state index contributed by atoms with van der Waals surface area (Å²) in [5.41, 5.74) is 0. The van der Waals surface area contributed by atoms with Gasteiger partial charge in [0.2, 0.25) is 0 Å². The summed E-state index contributed by atoms with van der Waals surface area (Å²) in [4.78, 5) is 11.3. The van der Waals surface area contributed by atoms with Crippen molar-refractivity contribution in [1.29, 1.82) is 0 Å².